The standard InChI is InChI=1S/C7H5OS/c1-2-4-7-6(3-1)8-5-9-7/h1-5H/q+1. The van der Waals surface area contributed by atoms with Crippen LogP contribution >= 0.6 is 11.3 Å². The van der Waals surface area contributed by atoms with Gasteiger partial charge in [0.25, 0.3) is 0 Å². The molecule has 0 spiro atoms. The van der Waals surface area contributed by atoms with Crippen LogP contribution in [-0.4, -0.2) is 0 Å². The molecule has 0 unspecified atom stereocenters. The lowest BCUT2D eigenvalue weighted by Gasteiger charge is -1.71. The van der Waals surface area contributed by atoms with E-state index in [1.165, 1.54) is 4.70 Å². The minimum Gasteiger partial charge on any atom is -0.203 e. The second-order valence-corrected chi connectivity index (χ2v) is 2.65. The number of hydrogen-bond acceptors (Lipinski definition) is 1. The fraction of sp³-hybridized carbons (Fsp3) is 0. The molecule has 1 heterocycles. The predicted octanol–water partition coefficient (Wildman–Crippen LogP) is 2.78. The van der Waals surface area contributed by atoms with Crippen molar-refractivity contribution >= 4 is 21.6 Å². The lowest BCUT2D eigenvalue weighted by atomic mass is 10.4. The summed E-state index contributed by atoms with van der Waals surface area (Å²) >= 11 is 1.62. The molecule has 44 valence electrons. The van der Waals surface area contributed by atoms with Crippen molar-refractivity contribution in [3.8, 4) is 0 Å². The molecule has 0 bridgehead atoms. The zero-order valence-electron chi connectivity index (χ0n) is 4.70. The normalized spacial score (nSPS) is 10.2. The molecule has 9 heavy (non-hydrogen) atoms. The summed E-state index contributed by atoms with van der Waals surface area (Å²) in [6.45, 7) is 0. The van der Waals surface area contributed by atoms with E-state index in [2.05, 4.69) is 0 Å². The van der Waals surface area contributed by atoms with Gasteiger partial charge in [-0.25, -0.2) is 4.42 Å². The quantitative estimate of drug-likeness (QED) is 0.508. The maximum Gasteiger partial charge on any atom is 0.375 e. The largest absolute Gasteiger partial charge is 0.375 e. The zero-order valence-corrected chi connectivity index (χ0v) is 5.52. The first-order valence-electron chi connectivity index (χ1n) is 2.71. The number of para-hydroxylation sites is 1. The van der Waals surface area contributed by atoms with E-state index >= 15 is 0 Å². The smallest absolute Gasteiger partial charge is 0.203 e. The molecular weight excluding hydrogens is 132 g/mol. The van der Waals surface area contributed by atoms with Crippen molar-refractivity contribution in [1.82, 2.24) is 0 Å². The Kier molecular flexibility index (Phi) is 0.993. The van der Waals surface area contributed by atoms with Gasteiger partial charge in [-0.15, -0.1) is 0 Å². The van der Waals surface area contributed by atoms with E-state index < -0.39 is 0 Å². The number of fused-ring (bicyclic) bond motifs is 1. The van der Waals surface area contributed by atoms with Crippen LogP contribution in [0.3, 0.4) is 0 Å². The summed E-state index contributed by atoms with van der Waals surface area (Å²) < 4.78 is 6.34. The van der Waals surface area contributed by atoms with Crippen LogP contribution in [0.5, 0.6) is 0 Å². The molecule has 1 aromatic carbocycles. The summed E-state index contributed by atoms with van der Waals surface area (Å²) in [7, 11) is 0. The molecule has 0 fully saturated rings. The molecule has 1 nitrogen and oxygen atoms in total. The maximum atomic E-state index is 5.14. The zero-order chi connectivity index (χ0) is 6.10. The van der Waals surface area contributed by atoms with Crippen LogP contribution in [0.15, 0.2) is 34.3 Å². The Bertz CT molecular complexity index is 283. The molecule has 2 aromatic rings. The fourth-order valence-corrected chi connectivity index (χ4v) is 1.42. The average molecular weight is 137 g/mol. The number of rotatable bonds is 0. The first kappa shape index (κ1) is 4.94. The summed E-state index contributed by atoms with van der Waals surface area (Å²) in [5.74, 6) is 0. The van der Waals surface area contributed by atoms with Crippen molar-refractivity contribution in [2.45, 2.75) is 0 Å². The van der Waals surface area contributed by atoms with Crippen LogP contribution < -0.4 is 0 Å². The van der Waals surface area contributed by atoms with Gasteiger partial charge in [-0.1, -0.05) is 12.1 Å². The van der Waals surface area contributed by atoms with E-state index in [0.29, 0.717) is 0 Å². The molecule has 0 amide bonds. The maximum absolute atomic E-state index is 5.14. The third kappa shape index (κ3) is 0.715. The third-order valence-electron chi connectivity index (χ3n) is 1.20. The van der Waals surface area contributed by atoms with Gasteiger partial charge in [-0.05, 0) is 17.4 Å². The van der Waals surface area contributed by atoms with E-state index in [4.69, 9.17) is 4.42 Å². The van der Waals surface area contributed by atoms with Gasteiger partial charge in [0.2, 0.25) is 0 Å². The van der Waals surface area contributed by atoms with Gasteiger partial charge < -0.3 is 0 Å². The van der Waals surface area contributed by atoms with Gasteiger partial charge in [0.1, 0.15) is 4.70 Å². The van der Waals surface area contributed by atoms with Crippen molar-refractivity contribution < 1.29 is 4.42 Å². The summed E-state index contributed by atoms with van der Waals surface area (Å²) in [6, 6.07) is 7.99. The molecule has 0 aliphatic rings. The Balaban J connectivity index is 2.95. The topological polar surface area (TPSA) is 11.3 Å². The molecular formula is C7H5OS+. The van der Waals surface area contributed by atoms with E-state index in [-0.39, 0.29) is 0 Å². The molecule has 2 rings (SSSR count). The monoisotopic (exact) mass is 137 g/mol. The lowest BCUT2D eigenvalue weighted by molar-refractivity contribution is 0.624. The highest BCUT2D eigenvalue weighted by atomic mass is 32.1. The minimum absolute atomic E-state index is 0.975. The second kappa shape index (κ2) is 1.81. The van der Waals surface area contributed by atoms with Crippen molar-refractivity contribution in [2.24, 2.45) is 0 Å². The van der Waals surface area contributed by atoms with Crippen LogP contribution in [0.4, 0.5) is 0 Å². The van der Waals surface area contributed by atoms with Crippen LogP contribution in [0.2, 0.25) is 0 Å². The van der Waals surface area contributed by atoms with E-state index in [1.54, 1.807) is 16.9 Å². The van der Waals surface area contributed by atoms with E-state index in [1.807, 2.05) is 24.3 Å². The van der Waals surface area contributed by atoms with Gasteiger partial charge in [0.05, 0.1) is 0 Å². The molecule has 0 aliphatic heterocycles. The second-order valence-electron chi connectivity index (χ2n) is 1.78. The predicted molar refractivity (Wildman–Crippen MR) is 38.5 cm³/mol. The van der Waals surface area contributed by atoms with Crippen molar-refractivity contribution in [2.75, 3.05) is 0 Å². The van der Waals surface area contributed by atoms with Crippen molar-refractivity contribution in [1.29, 1.82) is 0 Å². The Morgan fingerprint density at radius 1 is 1.22 bits per heavy atom. The third-order valence-corrected chi connectivity index (χ3v) is 1.98. The summed E-state index contributed by atoms with van der Waals surface area (Å²) in [4.78, 5) is 0. The fourth-order valence-electron chi connectivity index (χ4n) is 0.773. The van der Waals surface area contributed by atoms with Crippen LogP contribution in [-0.2, 0) is 0 Å². The van der Waals surface area contributed by atoms with Crippen molar-refractivity contribution in [3.05, 3.63) is 29.8 Å². The molecule has 0 N–H and O–H groups in total. The van der Waals surface area contributed by atoms with Gasteiger partial charge in [0.15, 0.2) is 0 Å². The summed E-state index contributed by atoms with van der Waals surface area (Å²) in [5.41, 5.74) is 2.72. The Hall–Kier alpha value is -0.890. The molecule has 1 aromatic heterocycles. The molecule has 0 atom stereocenters. The SMILES string of the molecule is c1ccc2sc[o+]c2c1. The molecule has 0 saturated heterocycles. The number of benzene rings is 1. The lowest BCUT2D eigenvalue weighted by Crippen LogP contribution is -1.56. The first-order valence-corrected chi connectivity index (χ1v) is 3.59. The van der Waals surface area contributed by atoms with Crippen molar-refractivity contribution in [3.63, 3.8) is 0 Å². The van der Waals surface area contributed by atoms with Crippen LogP contribution in [0.25, 0.3) is 10.3 Å². The van der Waals surface area contributed by atoms with Gasteiger partial charge in [0, 0.05) is 6.07 Å². The highest BCUT2D eigenvalue weighted by Gasteiger charge is 2.03. The Labute approximate surface area is 56.6 Å². The van der Waals surface area contributed by atoms with E-state index in [0.717, 1.165) is 5.58 Å². The van der Waals surface area contributed by atoms with Crippen LogP contribution in [0, 0.1) is 0 Å². The molecule has 0 saturated carbocycles. The van der Waals surface area contributed by atoms with Gasteiger partial charge >= 0.3 is 11.2 Å². The van der Waals surface area contributed by atoms with Gasteiger partial charge in [-0.3, -0.25) is 0 Å². The highest BCUT2D eigenvalue weighted by Crippen LogP contribution is 2.18. The highest BCUT2D eigenvalue weighted by molar-refractivity contribution is 7.16. The molecule has 0 aliphatic carbocycles. The molecule has 0 radical (unpaired) electrons. The molecule has 2 heteroatoms. The number of hydrogen-bond donors (Lipinski definition) is 0. The van der Waals surface area contributed by atoms with Gasteiger partial charge in [-0.2, -0.15) is 0 Å². The van der Waals surface area contributed by atoms with E-state index in [9.17, 15) is 0 Å². The minimum atomic E-state index is 0.975. The summed E-state index contributed by atoms with van der Waals surface area (Å²) in [6.07, 6.45) is 0. The Morgan fingerprint density at radius 2 is 2.11 bits per heavy atom. The Morgan fingerprint density at radius 3 is 3.00 bits per heavy atom. The average Bonchev–Trinajstić information content (AvgIpc) is 2.33. The van der Waals surface area contributed by atoms with Crippen LogP contribution in [0.1, 0.15) is 0 Å². The first-order chi connectivity index (χ1) is 4.47. The summed E-state index contributed by atoms with van der Waals surface area (Å²) in [5, 5.41) is 0.